The van der Waals surface area contributed by atoms with Gasteiger partial charge in [0.2, 0.25) is 10.0 Å². The summed E-state index contributed by atoms with van der Waals surface area (Å²) >= 11 is 4.60. The second-order valence-corrected chi connectivity index (χ2v) is 6.32. The molecule has 0 saturated heterocycles. The van der Waals surface area contributed by atoms with Gasteiger partial charge in [-0.3, -0.25) is 4.72 Å². The molecule has 1 aromatic rings. The van der Waals surface area contributed by atoms with Crippen LogP contribution in [0, 0.1) is 0 Å². The Kier molecular flexibility index (Phi) is 4.47. The van der Waals surface area contributed by atoms with E-state index in [0.29, 0.717) is 5.69 Å². The van der Waals surface area contributed by atoms with Crippen LogP contribution in [0.15, 0.2) is 24.3 Å². The van der Waals surface area contributed by atoms with Gasteiger partial charge >= 0.3 is 0 Å². The van der Waals surface area contributed by atoms with Gasteiger partial charge in [-0.1, -0.05) is 44.3 Å². The Morgan fingerprint density at radius 3 is 2.53 bits per heavy atom. The zero-order chi connectivity index (χ0) is 13.1. The summed E-state index contributed by atoms with van der Waals surface area (Å²) in [5.41, 5.74) is 6.77. The van der Waals surface area contributed by atoms with Crippen molar-refractivity contribution in [3.05, 3.63) is 29.8 Å². The highest BCUT2D eigenvalue weighted by Crippen LogP contribution is 2.24. The molecule has 1 aromatic carbocycles. The first-order valence-corrected chi connectivity index (χ1v) is 7.25. The molecular weight excluding hydrogens is 256 g/mol. The summed E-state index contributed by atoms with van der Waals surface area (Å²) in [5, 5.41) is 0. The molecule has 0 aliphatic carbocycles. The van der Waals surface area contributed by atoms with Crippen molar-refractivity contribution >= 4 is 32.9 Å². The van der Waals surface area contributed by atoms with E-state index < -0.39 is 10.0 Å². The second kappa shape index (κ2) is 5.46. The van der Waals surface area contributed by atoms with E-state index >= 15 is 0 Å². The van der Waals surface area contributed by atoms with Crippen molar-refractivity contribution < 1.29 is 8.42 Å². The van der Waals surface area contributed by atoms with Crippen molar-refractivity contribution in [2.75, 3.05) is 10.5 Å². The van der Waals surface area contributed by atoms with Crippen molar-refractivity contribution in [1.82, 2.24) is 0 Å². The summed E-state index contributed by atoms with van der Waals surface area (Å²) in [4.78, 5) is -0.0421. The van der Waals surface area contributed by atoms with Crippen molar-refractivity contribution in [3.63, 3.8) is 0 Å². The summed E-state index contributed by atoms with van der Waals surface area (Å²) in [6.07, 6.45) is 0. The fourth-order valence-electron chi connectivity index (χ4n) is 1.48. The number of rotatable bonds is 5. The topological polar surface area (TPSA) is 72.2 Å². The van der Waals surface area contributed by atoms with Gasteiger partial charge < -0.3 is 5.73 Å². The van der Waals surface area contributed by atoms with Crippen LogP contribution in [0.5, 0.6) is 0 Å². The number of para-hydroxylation sites is 1. The lowest BCUT2D eigenvalue weighted by molar-refractivity contribution is 0.605. The minimum Gasteiger partial charge on any atom is -0.392 e. The zero-order valence-electron chi connectivity index (χ0n) is 9.80. The van der Waals surface area contributed by atoms with E-state index in [-0.39, 0.29) is 16.7 Å². The Morgan fingerprint density at radius 1 is 1.41 bits per heavy atom. The SMILES string of the molecule is CC(C)c1ccccc1NS(=O)(=O)CC(N)=S. The van der Waals surface area contributed by atoms with Gasteiger partial charge in [0.1, 0.15) is 5.75 Å². The highest BCUT2D eigenvalue weighted by atomic mass is 32.2. The summed E-state index contributed by atoms with van der Waals surface area (Å²) in [5.74, 6) is -0.104. The number of anilines is 1. The molecule has 0 bridgehead atoms. The number of benzene rings is 1. The molecule has 0 saturated carbocycles. The third kappa shape index (κ3) is 4.32. The predicted octanol–water partition coefficient (Wildman–Crippen LogP) is 1.84. The molecule has 0 aromatic heterocycles. The summed E-state index contributed by atoms with van der Waals surface area (Å²) < 4.78 is 25.9. The van der Waals surface area contributed by atoms with E-state index in [1.165, 1.54) is 0 Å². The summed E-state index contributed by atoms with van der Waals surface area (Å²) in [6, 6.07) is 7.28. The van der Waals surface area contributed by atoms with Crippen LogP contribution in [0.3, 0.4) is 0 Å². The second-order valence-electron chi connectivity index (χ2n) is 4.07. The van der Waals surface area contributed by atoms with Crippen LogP contribution in [0.4, 0.5) is 5.69 Å². The fraction of sp³-hybridized carbons (Fsp3) is 0.364. The van der Waals surface area contributed by atoms with Crippen molar-refractivity contribution in [3.8, 4) is 0 Å². The zero-order valence-corrected chi connectivity index (χ0v) is 11.4. The first-order chi connectivity index (χ1) is 7.82. The van der Waals surface area contributed by atoms with Gasteiger partial charge in [-0.15, -0.1) is 0 Å². The van der Waals surface area contributed by atoms with Crippen molar-refractivity contribution in [2.45, 2.75) is 19.8 Å². The van der Waals surface area contributed by atoms with Crippen molar-refractivity contribution in [2.24, 2.45) is 5.73 Å². The Labute approximate surface area is 107 Å². The maximum Gasteiger partial charge on any atom is 0.239 e. The quantitative estimate of drug-likeness (QED) is 0.802. The van der Waals surface area contributed by atoms with E-state index in [2.05, 4.69) is 16.9 Å². The van der Waals surface area contributed by atoms with Crippen LogP contribution in [0.1, 0.15) is 25.3 Å². The lowest BCUT2D eigenvalue weighted by Gasteiger charge is -2.14. The molecule has 0 aliphatic rings. The summed E-state index contributed by atoms with van der Waals surface area (Å²) in [7, 11) is -3.51. The lowest BCUT2D eigenvalue weighted by Crippen LogP contribution is -2.26. The van der Waals surface area contributed by atoms with Gasteiger partial charge in [0.25, 0.3) is 0 Å². The largest absolute Gasteiger partial charge is 0.392 e. The van der Waals surface area contributed by atoms with E-state index in [1.807, 2.05) is 26.0 Å². The maximum atomic E-state index is 11.7. The van der Waals surface area contributed by atoms with E-state index in [9.17, 15) is 8.42 Å². The molecule has 94 valence electrons. The minimum absolute atomic E-state index is 0.0421. The third-order valence-electron chi connectivity index (χ3n) is 2.18. The molecule has 1 rings (SSSR count). The standard InChI is InChI=1S/C11H16N2O2S2/c1-8(2)9-5-3-4-6-10(9)13-17(14,15)7-11(12)16/h3-6,8,13H,7H2,1-2H3,(H2,12,16). The molecule has 6 heteroatoms. The molecule has 0 spiro atoms. The monoisotopic (exact) mass is 272 g/mol. The van der Waals surface area contributed by atoms with E-state index in [4.69, 9.17) is 5.73 Å². The average molecular weight is 272 g/mol. The first-order valence-electron chi connectivity index (χ1n) is 5.19. The van der Waals surface area contributed by atoms with Gasteiger partial charge in [0, 0.05) is 0 Å². The summed E-state index contributed by atoms with van der Waals surface area (Å²) in [6.45, 7) is 4.00. The number of thiocarbonyl (C=S) groups is 1. The molecule has 4 nitrogen and oxygen atoms in total. The molecular formula is C11H16N2O2S2. The molecule has 0 unspecified atom stereocenters. The highest BCUT2D eigenvalue weighted by molar-refractivity contribution is 7.95. The Bertz CT molecular complexity index is 510. The van der Waals surface area contributed by atoms with Crippen LogP contribution in [0.25, 0.3) is 0 Å². The Morgan fingerprint density at radius 2 is 2.00 bits per heavy atom. The predicted molar refractivity (Wildman–Crippen MR) is 74.7 cm³/mol. The van der Waals surface area contributed by atoms with Crippen LogP contribution in [-0.2, 0) is 10.0 Å². The van der Waals surface area contributed by atoms with Gasteiger partial charge in [-0.2, -0.15) is 0 Å². The number of nitrogens with two attached hydrogens (primary N) is 1. The third-order valence-corrected chi connectivity index (χ3v) is 3.73. The number of sulfonamides is 1. The van der Waals surface area contributed by atoms with E-state index in [0.717, 1.165) is 5.56 Å². The van der Waals surface area contributed by atoms with Gasteiger partial charge in [-0.05, 0) is 17.5 Å². The minimum atomic E-state index is -3.51. The van der Waals surface area contributed by atoms with Gasteiger partial charge in [0.15, 0.2) is 0 Å². The number of hydrogen-bond acceptors (Lipinski definition) is 3. The smallest absolute Gasteiger partial charge is 0.239 e. The van der Waals surface area contributed by atoms with Crippen LogP contribution in [-0.4, -0.2) is 19.2 Å². The molecule has 0 heterocycles. The van der Waals surface area contributed by atoms with Crippen LogP contribution in [0.2, 0.25) is 0 Å². The van der Waals surface area contributed by atoms with Crippen LogP contribution < -0.4 is 10.5 Å². The fourth-order valence-corrected chi connectivity index (χ4v) is 2.92. The lowest BCUT2D eigenvalue weighted by atomic mass is 10.0. The van der Waals surface area contributed by atoms with Crippen molar-refractivity contribution in [1.29, 1.82) is 0 Å². The molecule has 3 N–H and O–H groups in total. The molecule has 0 fully saturated rings. The molecule has 0 radical (unpaired) electrons. The molecule has 0 aliphatic heterocycles. The maximum absolute atomic E-state index is 11.7. The van der Waals surface area contributed by atoms with E-state index in [1.54, 1.807) is 12.1 Å². The molecule has 0 atom stereocenters. The highest BCUT2D eigenvalue weighted by Gasteiger charge is 2.14. The number of nitrogens with one attached hydrogen (secondary N) is 1. The van der Waals surface area contributed by atoms with Crippen LogP contribution >= 0.6 is 12.2 Å². The van der Waals surface area contributed by atoms with Gasteiger partial charge in [0.05, 0.1) is 10.7 Å². The Hall–Kier alpha value is -1.14. The normalized spacial score (nSPS) is 11.5. The first kappa shape index (κ1) is 13.9. The Balaban J connectivity index is 2.99. The average Bonchev–Trinajstić information content (AvgIpc) is 2.14. The molecule has 17 heavy (non-hydrogen) atoms. The van der Waals surface area contributed by atoms with Gasteiger partial charge in [-0.25, -0.2) is 8.42 Å². The molecule has 0 amide bonds. The number of hydrogen-bond donors (Lipinski definition) is 2.